The molecule has 0 bridgehead atoms. The van der Waals surface area contributed by atoms with Gasteiger partial charge in [0.1, 0.15) is 0 Å². The number of carbonyl (C=O) groups excluding carboxylic acids is 2. The molecule has 1 heterocycles. The van der Waals surface area contributed by atoms with Gasteiger partial charge in [-0.05, 0) is 28.8 Å². The van der Waals surface area contributed by atoms with Gasteiger partial charge in [-0.2, -0.15) is 0 Å². The van der Waals surface area contributed by atoms with Gasteiger partial charge < -0.3 is 0 Å². The second kappa shape index (κ2) is 8.97. The molecule has 0 saturated carbocycles. The van der Waals surface area contributed by atoms with Crippen LogP contribution in [0.5, 0.6) is 0 Å². The van der Waals surface area contributed by atoms with Crippen LogP contribution in [0.2, 0.25) is 0 Å². The third kappa shape index (κ3) is 4.41. The Morgan fingerprint density at radius 1 is 0.774 bits per heavy atom. The molecule has 0 aliphatic carbocycles. The largest absolute Gasteiger partial charge is 0.269 e. The maximum atomic E-state index is 13.3. The topological polar surface area (TPSA) is 80.5 Å². The van der Waals surface area contributed by atoms with Crippen molar-refractivity contribution in [1.29, 1.82) is 0 Å². The van der Waals surface area contributed by atoms with Crippen LogP contribution >= 0.6 is 11.8 Å². The summed E-state index contributed by atoms with van der Waals surface area (Å²) >= 11 is 1.31. The van der Waals surface area contributed by atoms with Crippen LogP contribution in [0.3, 0.4) is 0 Å². The quantitative estimate of drug-likeness (QED) is 0.305. The molecule has 0 aromatic heterocycles. The first-order valence-electron chi connectivity index (χ1n) is 9.60. The van der Waals surface area contributed by atoms with E-state index in [2.05, 4.69) is 0 Å². The second-order valence-electron chi connectivity index (χ2n) is 6.96. The van der Waals surface area contributed by atoms with Gasteiger partial charge in [0.2, 0.25) is 0 Å². The number of nitrogens with zero attached hydrogens (tertiary/aromatic N) is 2. The molecule has 6 nitrogen and oxygen atoms in total. The predicted octanol–water partition coefficient (Wildman–Crippen LogP) is 4.81. The summed E-state index contributed by atoms with van der Waals surface area (Å²) in [7, 11) is 0. The number of nitro groups is 1. The van der Waals surface area contributed by atoms with Crippen molar-refractivity contribution in [2.45, 2.75) is 12.3 Å². The molecule has 0 saturated heterocycles. The fourth-order valence-electron chi connectivity index (χ4n) is 3.33. The molecule has 154 valence electrons. The Bertz CT molecular complexity index is 1160. The first-order chi connectivity index (χ1) is 15.0. The van der Waals surface area contributed by atoms with Crippen LogP contribution in [0.1, 0.15) is 16.7 Å². The molecule has 0 fully saturated rings. The van der Waals surface area contributed by atoms with E-state index in [1.165, 1.54) is 40.9 Å². The van der Waals surface area contributed by atoms with Crippen LogP contribution in [0.4, 0.5) is 5.69 Å². The fraction of sp³-hybridized carbons (Fsp3) is 0.0833. The first kappa shape index (κ1) is 20.6. The average Bonchev–Trinajstić information content (AvgIpc) is 3.03. The molecule has 1 aliphatic heterocycles. The fourth-order valence-corrected chi connectivity index (χ4v) is 4.42. The number of amides is 2. The molecule has 3 aromatic carbocycles. The lowest BCUT2D eigenvalue weighted by Gasteiger charge is -2.15. The number of nitro benzene ring substituents is 1. The number of hydrogen-bond donors (Lipinski definition) is 0. The number of non-ortho nitro benzene ring substituents is 1. The minimum absolute atomic E-state index is 0.0687. The van der Waals surface area contributed by atoms with Crippen LogP contribution in [-0.2, 0) is 21.9 Å². The summed E-state index contributed by atoms with van der Waals surface area (Å²) < 4.78 is 0. The van der Waals surface area contributed by atoms with Gasteiger partial charge in [0.15, 0.2) is 0 Å². The van der Waals surface area contributed by atoms with Crippen molar-refractivity contribution in [2.24, 2.45) is 0 Å². The standard InChI is InChI=1S/C24H18N2O4S/c27-23-21(19-11-13-20(14-12-19)26(29)30)22(31-16-18-9-5-2-6-10-18)24(28)25(23)15-17-7-3-1-4-8-17/h1-14H,15-16H2. The van der Waals surface area contributed by atoms with E-state index in [0.717, 1.165) is 11.1 Å². The molecule has 0 spiro atoms. The maximum Gasteiger partial charge on any atom is 0.269 e. The van der Waals surface area contributed by atoms with Crippen molar-refractivity contribution >= 4 is 34.8 Å². The molecule has 4 rings (SSSR count). The van der Waals surface area contributed by atoms with Crippen LogP contribution in [0.25, 0.3) is 5.57 Å². The van der Waals surface area contributed by atoms with Crippen LogP contribution in [0, 0.1) is 10.1 Å². The van der Waals surface area contributed by atoms with E-state index in [-0.39, 0.29) is 23.7 Å². The van der Waals surface area contributed by atoms with E-state index in [1.54, 1.807) is 0 Å². The maximum absolute atomic E-state index is 13.3. The Labute approximate surface area is 183 Å². The predicted molar refractivity (Wildman–Crippen MR) is 120 cm³/mol. The third-order valence-corrected chi connectivity index (χ3v) is 6.05. The molecular formula is C24H18N2O4S. The van der Waals surface area contributed by atoms with E-state index < -0.39 is 10.8 Å². The summed E-state index contributed by atoms with van der Waals surface area (Å²) in [6, 6.07) is 24.7. The molecule has 1 aliphatic rings. The van der Waals surface area contributed by atoms with Gasteiger partial charge >= 0.3 is 0 Å². The molecule has 2 amide bonds. The first-order valence-corrected chi connectivity index (χ1v) is 10.6. The van der Waals surface area contributed by atoms with E-state index in [1.807, 2.05) is 60.7 Å². The van der Waals surface area contributed by atoms with Gasteiger partial charge in [0, 0.05) is 17.9 Å². The highest BCUT2D eigenvalue weighted by atomic mass is 32.2. The van der Waals surface area contributed by atoms with Crippen molar-refractivity contribution < 1.29 is 14.5 Å². The minimum Gasteiger partial charge on any atom is -0.269 e. The van der Waals surface area contributed by atoms with Gasteiger partial charge in [0.25, 0.3) is 17.5 Å². The van der Waals surface area contributed by atoms with E-state index in [9.17, 15) is 19.7 Å². The second-order valence-corrected chi connectivity index (χ2v) is 7.95. The van der Waals surface area contributed by atoms with Crippen molar-refractivity contribution in [2.75, 3.05) is 0 Å². The summed E-state index contributed by atoms with van der Waals surface area (Å²) in [4.78, 5) is 38.6. The van der Waals surface area contributed by atoms with E-state index >= 15 is 0 Å². The van der Waals surface area contributed by atoms with E-state index in [0.29, 0.717) is 16.2 Å². The van der Waals surface area contributed by atoms with Crippen molar-refractivity contribution in [1.82, 2.24) is 4.90 Å². The van der Waals surface area contributed by atoms with Crippen molar-refractivity contribution in [3.63, 3.8) is 0 Å². The molecule has 0 radical (unpaired) electrons. The molecule has 0 unspecified atom stereocenters. The van der Waals surface area contributed by atoms with Gasteiger partial charge in [0.05, 0.1) is 21.9 Å². The molecule has 0 N–H and O–H groups in total. The summed E-state index contributed by atoms with van der Waals surface area (Å²) in [5.74, 6) is -0.202. The highest BCUT2D eigenvalue weighted by molar-refractivity contribution is 8.03. The summed E-state index contributed by atoms with van der Waals surface area (Å²) in [6.45, 7) is 0.171. The van der Waals surface area contributed by atoms with Crippen LogP contribution < -0.4 is 0 Å². The Morgan fingerprint density at radius 2 is 1.35 bits per heavy atom. The highest BCUT2D eigenvalue weighted by Crippen LogP contribution is 2.38. The molecule has 7 heteroatoms. The third-order valence-electron chi connectivity index (χ3n) is 4.90. The Hall–Kier alpha value is -3.71. The SMILES string of the molecule is O=C1C(SCc2ccccc2)=C(c2ccc([N+](=O)[O-])cc2)C(=O)N1Cc1ccccc1. The number of hydrogen-bond acceptors (Lipinski definition) is 5. The molecule has 31 heavy (non-hydrogen) atoms. The minimum atomic E-state index is -0.493. The Morgan fingerprint density at radius 3 is 1.94 bits per heavy atom. The monoisotopic (exact) mass is 430 g/mol. The number of benzene rings is 3. The zero-order valence-corrected chi connectivity index (χ0v) is 17.2. The van der Waals surface area contributed by atoms with E-state index in [4.69, 9.17) is 0 Å². The Kier molecular flexibility index (Phi) is 5.95. The van der Waals surface area contributed by atoms with Gasteiger partial charge in [-0.1, -0.05) is 60.7 Å². The average molecular weight is 430 g/mol. The van der Waals surface area contributed by atoms with Gasteiger partial charge in [-0.3, -0.25) is 24.6 Å². The van der Waals surface area contributed by atoms with Crippen LogP contribution in [-0.4, -0.2) is 21.6 Å². The number of rotatable bonds is 7. The summed E-state index contributed by atoms with van der Waals surface area (Å²) in [5, 5.41) is 11.0. The lowest BCUT2D eigenvalue weighted by atomic mass is 10.1. The number of imide groups is 1. The lowest BCUT2D eigenvalue weighted by Crippen LogP contribution is -2.30. The number of carbonyl (C=O) groups is 2. The normalized spacial score (nSPS) is 13.7. The van der Waals surface area contributed by atoms with Crippen molar-refractivity contribution in [3.8, 4) is 0 Å². The Balaban J connectivity index is 1.68. The van der Waals surface area contributed by atoms with Gasteiger partial charge in [-0.15, -0.1) is 11.8 Å². The molecular weight excluding hydrogens is 412 g/mol. The number of thioether (sulfide) groups is 1. The smallest absolute Gasteiger partial charge is 0.269 e. The zero-order valence-electron chi connectivity index (χ0n) is 16.4. The highest BCUT2D eigenvalue weighted by Gasteiger charge is 2.39. The zero-order chi connectivity index (χ0) is 21.8. The van der Waals surface area contributed by atoms with Gasteiger partial charge in [-0.25, -0.2) is 0 Å². The van der Waals surface area contributed by atoms with Crippen molar-refractivity contribution in [3.05, 3.63) is 117 Å². The molecule has 0 atom stereocenters. The summed E-state index contributed by atoms with van der Waals surface area (Å²) in [5.41, 5.74) is 2.60. The summed E-state index contributed by atoms with van der Waals surface area (Å²) in [6.07, 6.45) is 0. The lowest BCUT2D eigenvalue weighted by molar-refractivity contribution is -0.384. The molecule has 3 aromatic rings. The van der Waals surface area contributed by atoms with Crippen LogP contribution in [0.15, 0.2) is 89.8 Å².